The summed E-state index contributed by atoms with van der Waals surface area (Å²) in [6.45, 7) is 1.27. The van der Waals surface area contributed by atoms with E-state index in [0.717, 1.165) is 0 Å². The van der Waals surface area contributed by atoms with Crippen molar-refractivity contribution in [1.82, 2.24) is 5.43 Å². The van der Waals surface area contributed by atoms with Crippen LogP contribution < -0.4 is 11.3 Å². The monoisotopic (exact) mass is 262 g/mol. The van der Waals surface area contributed by atoms with E-state index in [4.69, 9.17) is 17.4 Å². The zero-order valence-corrected chi connectivity index (χ0v) is 10.0. The van der Waals surface area contributed by atoms with E-state index in [-0.39, 0.29) is 4.90 Å². The smallest absolute Gasteiger partial charge is 0.252 e. The Bertz CT molecular complexity index is 484. The number of hydrogen-bond donors (Lipinski definition) is 2. The van der Waals surface area contributed by atoms with Gasteiger partial charge in [0.25, 0.3) is 5.91 Å². The lowest BCUT2D eigenvalue weighted by molar-refractivity contribution is -0.120. The Morgan fingerprint density at radius 2 is 1.88 bits per heavy atom. The Balaban J connectivity index is 3.12. The van der Waals surface area contributed by atoms with E-state index in [1.54, 1.807) is 0 Å². The van der Waals surface area contributed by atoms with Gasteiger partial charge >= 0.3 is 0 Å². The maximum absolute atomic E-state index is 11.9. The minimum absolute atomic E-state index is 0.0352. The summed E-state index contributed by atoms with van der Waals surface area (Å²) in [5.74, 6) is 4.13. The van der Waals surface area contributed by atoms with E-state index < -0.39 is 21.0 Å². The average Bonchev–Trinajstić information content (AvgIpc) is 2.27. The molecule has 0 bridgehead atoms. The number of halogens is 1. The van der Waals surface area contributed by atoms with Gasteiger partial charge in [-0.15, -0.1) is 0 Å². The van der Waals surface area contributed by atoms with Crippen molar-refractivity contribution in [3.8, 4) is 0 Å². The third-order valence-corrected chi connectivity index (χ3v) is 4.45. The SMILES string of the molecule is CC(C(=O)NN)S(=O)(=O)c1ccc(Cl)cc1. The second-order valence-electron chi connectivity index (χ2n) is 3.15. The second-order valence-corrected chi connectivity index (χ2v) is 5.85. The number of hydrogen-bond acceptors (Lipinski definition) is 4. The highest BCUT2D eigenvalue weighted by atomic mass is 35.5. The molecule has 0 radical (unpaired) electrons. The maximum atomic E-state index is 11.9. The van der Waals surface area contributed by atoms with Crippen molar-refractivity contribution >= 4 is 27.3 Å². The number of amides is 1. The molecule has 0 aliphatic rings. The summed E-state index contributed by atoms with van der Waals surface area (Å²) in [7, 11) is -3.72. The predicted octanol–water partition coefficient (Wildman–Crippen LogP) is 0.492. The average molecular weight is 263 g/mol. The number of hydrazine groups is 1. The number of rotatable bonds is 3. The third-order valence-electron chi connectivity index (χ3n) is 2.12. The molecule has 1 atom stereocenters. The van der Waals surface area contributed by atoms with Gasteiger partial charge in [0.05, 0.1) is 4.90 Å². The molecule has 1 unspecified atom stereocenters. The molecular weight excluding hydrogens is 252 g/mol. The normalized spacial score (nSPS) is 13.2. The molecule has 3 N–H and O–H groups in total. The summed E-state index contributed by atoms with van der Waals surface area (Å²) in [6.07, 6.45) is 0. The van der Waals surface area contributed by atoms with E-state index in [9.17, 15) is 13.2 Å². The Labute approximate surface area is 98.5 Å². The van der Waals surface area contributed by atoms with E-state index in [2.05, 4.69) is 0 Å². The third kappa shape index (κ3) is 2.52. The first-order valence-corrected chi connectivity index (χ1v) is 6.32. The summed E-state index contributed by atoms with van der Waals surface area (Å²) >= 11 is 5.64. The fourth-order valence-corrected chi connectivity index (χ4v) is 2.49. The second kappa shape index (κ2) is 4.82. The van der Waals surface area contributed by atoms with Gasteiger partial charge in [0.1, 0.15) is 5.25 Å². The van der Waals surface area contributed by atoms with Crippen LogP contribution >= 0.6 is 11.6 Å². The van der Waals surface area contributed by atoms with Crippen molar-refractivity contribution in [3.05, 3.63) is 29.3 Å². The minimum atomic E-state index is -3.72. The topological polar surface area (TPSA) is 89.3 Å². The molecule has 0 saturated carbocycles. The quantitative estimate of drug-likeness (QED) is 0.471. The van der Waals surface area contributed by atoms with E-state index in [1.165, 1.54) is 31.2 Å². The molecule has 0 heterocycles. The zero-order valence-electron chi connectivity index (χ0n) is 8.48. The lowest BCUT2D eigenvalue weighted by Crippen LogP contribution is -2.41. The molecule has 7 heteroatoms. The van der Waals surface area contributed by atoms with Gasteiger partial charge in [-0.1, -0.05) is 11.6 Å². The first-order valence-electron chi connectivity index (χ1n) is 4.39. The van der Waals surface area contributed by atoms with Crippen LogP contribution in [0, 0.1) is 0 Å². The van der Waals surface area contributed by atoms with Gasteiger partial charge in [-0.05, 0) is 31.2 Å². The Kier molecular flexibility index (Phi) is 3.90. The summed E-state index contributed by atoms with van der Waals surface area (Å²) in [6, 6.07) is 5.58. The molecule has 0 aromatic heterocycles. The van der Waals surface area contributed by atoms with Gasteiger partial charge in [0.15, 0.2) is 9.84 Å². The van der Waals surface area contributed by atoms with Crippen molar-refractivity contribution < 1.29 is 13.2 Å². The molecule has 1 aromatic rings. The minimum Gasteiger partial charge on any atom is -0.293 e. The number of nitrogens with one attached hydrogen (secondary N) is 1. The van der Waals surface area contributed by atoms with Gasteiger partial charge in [0, 0.05) is 5.02 Å². The molecule has 1 aromatic carbocycles. The molecule has 1 amide bonds. The summed E-state index contributed by atoms with van der Waals surface area (Å²) in [5.41, 5.74) is 1.81. The number of carbonyl (C=O) groups excluding carboxylic acids is 1. The fraction of sp³-hybridized carbons (Fsp3) is 0.222. The molecule has 0 aliphatic heterocycles. The molecule has 5 nitrogen and oxygen atoms in total. The fourth-order valence-electron chi connectivity index (χ4n) is 1.09. The van der Waals surface area contributed by atoms with E-state index >= 15 is 0 Å². The van der Waals surface area contributed by atoms with Crippen LogP contribution in [0.4, 0.5) is 0 Å². The van der Waals surface area contributed by atoms with Crippen LogP contribution in [0.1, 0.15) is 6.92 Å². The molecule has 0 aliphatic carbocycles. The summed E-state index contributed by atoms with van der Waals surface area (Å²) < 4.78 is 23.8. The maximum Gasteiger partial charge on any atom is 0.252 e. The van der Waals surface area contributed by atoms with Crippen molar-refractivity contribution in [3.63, 3.8) is 0 Å². The van der Waals surface area contributed by atoms with Gasteiger partial charge in [-0.2, -0.15) is 0 Å². The van der Waals surface area contributed by atoms with Crippen LogP contribution in [-0.4, -0.2) is 19.6 Å². The molecule has 16 heavy (non-hydrogen) atoms. The van der Waals surface area contributed by atoms with Crippen molar-refractivity contribution in [2.45, 2.75) is 17.1 Å². The zero-order chi connectivity index (χ0) is 12.3. The van der Waals surface area contributed by atoms with Crippen LogP contribution in [0.15, 0.2) is 29.2 Å². The van der Waals surface area contributed by atoms with Crippen LogP contribution in [0.2, 0.25) is 5.02 Å². The van der Waals surface area contributed by atoms with E-state index in [0.29, 0.717) is 5.02 Å². The van der Waals surface area contributed by atoms with Gasteiger partial charge < -0.3 is 0 Å². The van der Waals surface area contributed by atoms with Crippen molar-refractivity contribution in [2.24, 2.45) is 5.84 Å². The van der Waals surface area contributed by atoms with Gasteiger partial charge in [-0.25, -0.2) is 14.3 Å². The predicted molar refractivity (Wildman–Crippen MR) is 60.4 cm³/mol. The van der Waals surface area contributed by atoms with Gasteiger partial charge in [0.2, 0.25) is 0 Å². The highest BCUT2D eigenvalue weighted by molar-refractivity contribution is 7.92. The molecule has 0 fully saturated rings. The van der Waals surface area contributed by atoms with Crippen LogP contribution in [0.3, 0.4) is 0 Å². The number of benzene rings is 1. The number of carbonyl (C=O) groups is 1. The van der Waals surface area contributed by atoms with Crippen LogP contribution in [0.5, 0.6) is 0 Å². The number of sulfone groups is 1. The standard InChI is InChI=1S/C9H11ClN2O3S/c1-6(9(13)12-11)16(14,15)8-4-2-7(10)3-5-8/h2-6H,11H2,1H3,(H,12,13). The first-order chi connectivity index (χ1) is 7.39. The largest absolute Gasteiger partial charge is 0.293 e. The molecular formula is C9H11ClN2O3S. The highest BCUT2D eigenvalue weighted by Gasteiger charge is 2.29. The van der Waals surface area contributed by atoms with Crippen molar-refractivity contribution in [2.75, 3.05) is 0 Å². The lowest BCUT2D eigenvalue weighted by atomic mass is 10.4. The van der Waals surface area contributed by atoms with Gasteiger partial charge in [-0.3, -0.25) is 10.2 Å². The summed E-state index contributed by atoms with van der Waals surface area (Å²) in [4.78, 5) is 11.2. The molecule has 88 valence electrons. The molecule has 1 rings (SSSR count). The van der Waals surface area contributed by atoms with Crippen molar-refractivity contribution in [1.29, 1.82) is 0 Å². The Morgan fingerprint density at radius 3 is 2.31 bits per heavy atom. The highest BCUT2D eigenvalue weighted by Crippen LogP contribution is 2.18. The number of nitrogens with two attached hydrogens (primary N) is 1. The Hall–Kier alpha value is -1.11. The summed E-state index contributed by atoms with van der Waals surface area (Å²) in [5, 5.41) is -0.812. The first kappa shape index (κ1) is 13.0. The Morgan fingerprint density at radius 1 is 1.38 bits per heavy atom. The molecule has 0 saturated heterocycles. The molecule has 0 spiro atoms. The lowest BCUT2D eigenvalue weighted by Gasteiger charge is -2.11. The van der Waals surface area contributed by atoms with Crippen LogP contribution in [-0.2, 0) is 14.6 Å². The van der Waals surface area contributed by atoms with E-state index in [1.807, 2.05) is 5.43 Å². The van der Waals surface area contributed by atoms with Crippen LogP contribution in [0.25, 0.3) is 0 Å².